The zero-order chi connectivity index (χ0) is 7.98. The first-order valence-corrected chi connectivity index (χ1v) is 3.86. The van der Waals surface area contributed by atoms with Crippen LogP contribution in [0, 0.1) is 0 Å². The van der Waals surface area contributed by atoms with Gasteiger partial charge in [-0.2, -0.15) is 0 Å². The molecule has 0 aliphatic carbocycles. The van der Waals surface area contributed by atoms with Crippen molar-refractivity contribution in [1.82, 2.24) is 4.90 Å². The van der Waals surface area contributed by atoms with Crippen molar-refractivity contribution in [3.8, 4) is 0 Å². The highest BCUT2D eigenvalue weighted by Crippen LogP contribution is 1.98. The van der Waals surface area contributed by atoms with Gasteiger partial charge in [0.05, 0.1) is 0 Å². The first-order chi connectivity index (χ1) is 4.72. The average molecular weight is 142 g/mol. The normalized spacial score (nSPS) is 11.2. The third kappa shape index (κ3) is 3.38. The van der Waals surface area contributed by atoms with Crippen molar-refractivity contribution >= 4 is 0 Å². The highest BCUT2D eigenvalue weighted by molar-refractivity contribution is 4.79. The predicted octanol–water partition coefficient (Wildman–Crippen LogP) is 1.54. The second-order valence-electron chi connectivity index (χ2n) is 2.67. The summed E-state index contributed by atoms with van der Waals surface area (Å²) < 4.78 is 0. The van der Waals surface area contributed by atoms with Gasteiger partial charge in [0.25, 0.3) is 0 Å². The van der Waals surface area contributed by atoms with Gasteiger partial charge in [0, 0.05) is 25.0 Å². The lowest BCUT2D eigenvalue weighted by molar-refractivity contribution is 0.311. The lowest BCUT2D eigenvalue weighted by Crippen LogP contribution is -2.26. The van der Waals surface area contributed by atoms with Crippen molar-refractivity contribution in [3.05, 3.63) is 12.4 Å². The lowest BCUT2D eigenvalue weighted by Gasteiger charge is -2.23. The Morgan fingerprint density at radius 2 is 2.10 bits per heavy atom. The summed E-state index contributed by atoms with van der Waals surface area (Å²) in [5.74, 6) is 0. The Hall–Kier alpha value is -0.660. The maximum absolute atomic E-state index is 5.28. The number of hydrogen-bond donors (Lipinski definition) is 1. The third-order valence-electron chi connectivity index (χ3n) is 1.42. The molecule has 0 atom stereocenters. The fourth-order valence-electron chi connectivity index (χ4n) is 0.874. The SMILES string of the molecule is CCCN(/C=C\N)C(C)C. The molecule has 0 heterocycles. The van der Waals surface area contributed by atoms with Crippen LogP contribution in [0.2, 0.25) is 0 Å². The van der Waals surface area contributed by atoms with Gasteiger partial charge in [-0.05, 0) is 20.3 Å². The highest BCUT2D eigenvalue weighted by Gasteiger charge is 2.00. The van der Waals surface area contributed by atoms with Crippen molar-refractivity contribution in [3.63, 3.8) is 0 Å². The van der Waals surface area contributed by atoms with Crippen LogP contribution in [0.25, 0.3) is 0 Å². The molecule has 2 N–H and O–H groups in total. The summed E-state index contributed by atoms with van der Waals surface area (Å²) in [7, 11) is 0. The summed E-state index contributed by atoms with van der Waals surface area (Å²) in [6, 6.07) is 0.555. The fraction of sp³-hybridized carbons (Fsp3) is 0.750. The van der Waals surface area contributed by atoms with Crippen molar-refractivity contribution in [2.24, 2.45) is 5.73 Å². The van der Waals surface area contributed by atoms with Gasteiger partial charge in [0.15, 0.2) is 0 Å². The van der Waals surface area contributed by atoms with E-state index in [1.165, 1.54) is 6.42 Å². The van der Waals surface area contributed by atoms with Gasteiger partial charge in [-0.25, -0.2) is 0 Å². The van der Waals surface area contributed by atoms with Crippen LogP contribution in [-0.2, 0) is 0 Å². The molecule has 0 saturated carbocycles. The van der Waals surface area contributed by atoms with E-state index in [0.29, 0.717) is 6.04 Å². The van der Waals surface area contributed by atoms with Crippen LogP contribution >= 0.6 is 0 Å². The Bertz CT molecular complexity index is 97.4. The number of hydrogen-bond acceptors (Lipinski definition) is 2. The number of nitrogens with zero attached hydrogens (tertiary/aromatic N) is 1. The molecule has 0 radical (unpaired) electrons. The van der Waals surface area contributed by atoms with E-state index in [1.54, 1.807) is 6.20 Å². The lowest BCUT2D eigenvalue weighted by atomic mass is 10.3. The van der Waals surface area contributed by atoms with Crippen molar-refractivity contribution < 1.29 is 0 Å². The van der Waals surface area contributed by atoms with E-state index in [2.05, 4.69) is 25.7 Å². The summed E-state index contributed by atoms with van der Waals surface area (Å²) in [6.07, 6.45) is 4.70. The first kappa shape index (κ1) is 9.34. The summed E-state index contributed by atoms with van der Waals surface area (Å²) in [6.45, 7) is 7.58. The average Bonchev–Trinajstić information content (AvgIpc) is 1.87. The van der Waals surface area contributed by atoms with Gasteiger partial charge < -0.3 is 10.6 Å². The summed E-state index contributed by atoms with van der Waals surface area (Å²) in [4.78, 5) is 2.22. The molecule has 0 spiro atoms. The second kappa shape index (κ2) is 5.15. The van der Waals surface area contributed by atoms with E-state index in [4.69, 9.17) is 5.73 Å². The molecule has 0 aromatic carbocycles. The van der Waals surface area contributed by atoms with Crippen LogP contribution in [0.5, 0.6) is 0 Å². The molecule has 0 bridgehead atoms. The second-order valence-corrected chi connectivity index (χ2v) is 2.67. The Morgan fingerprint density at radius 1 is 1.50 bits per heavy atom. The molecular weight excluding hydrogens is 124 g/mol. The topological polar surface area (TPSA) is 29.3 Å². The van der Waals surface area contributed by atoms with Gasteiger partial charge in [-0.3, -0.25) is 0 Å². The quantitative estimate of drug-likeness (QED) is 0.645. The molecule has 0 aromatic heterocycles. The van der Waals surface area contributed by atoms with Crippen molar-refractivity contribution in [1.29, 1.82) is 0 Å². The maximum Gasteiger partial charge on any atom is 0.0228 e. The molecular formula is C8H18N2. The largest absolute Gasteiger partial charge is 0.403 e. The van der Waals surface area contributed by atoms with E-state index in [1.807, 2.05) is 6.20 Å². The molecule has 0 unspecified atom stereocenters. The summed E-state index contributed by atoms with van der Waals surface area (Å²) >= 11 is 0. The minimum absolute atomic E-state index is 0.555. The van der Waals surface area contributed by atoms with Crippen LogP contribution < -0.4 is 5.73 Å². The molecule has 0 fully saturated rings. The van der Waals surface area contributed by atoms with Gasteiger partial charge in [-0.1, -0.05) is 6.92 Å². The van der Waals surface area contributed by atoms with Gasteiger partial charge in [0.1, 0.15) is 0 Å². The molecule has 0 aliphatic rings. The maximum atomic E-state index is 5.28. The third-order valence-corrected chi connectivity index (χ3v) is 1.42. The monoisotopic (exact) mass is 142 g/mol. The van der Waals surface area contributed by atoms with Crippen LogP contribution in [0.4, 0.5) is 0 Å². The molecule has 2 nitrogen and oxygen atoms in total. The zero-order valence-electron chi connectivity index (χ0n) is 7.17. The highest BCUT2D eigenvalue weighted by atomic mass is 15.1. The van der Waals surface area contributed by atoms with Crippen LogP contribution in [0.3, 0.4) is 0 Å². The van der Waals surface area contributed by atoms with Gasteiger partial charge in [-0.15, -0.1) is 0 Å². The van der Waals surface area contributed by atoms with Crippen LogP contribution in [0.15, 0.2) is 12.4 Å². The molecule has 10 heavy (non-hydrogen) atoms. The standard InChI is InChI=1S/C8H18N2/c1-4-6-10(7-5-9)8(2)3/h5,7-8H,4,6,9H2,1-3H3/b7-5-. The van der Waals surface area contributed by atoms with E-state index < -0.39 is 0 Å². The van der Waals surface area contributed by atoms with Crippen LogP contribution in [-0.4, -0.2) is 17.5 Å². The molecule has 0 aliphatic heterocycles. The summed E-state index contributed by atoms with van der Waals surface area (Å²) in [5.41, 5.74) is 5.28. The molecule has 60 valence electrons. The first-order valence-electron chi connectivity index (χ1n) is 3.86. The number of nitrogens with two attached hydrogens (primary N) is 1. The molecule has 0 saturated heterocycles. The minimum atomic E-state index is 0.555. The molecule has 2 heteroatoms. The fourth-order valence-corrected chi connectivity index (χ4v) is 0.874. The Balaban J connectivity index is 3.72. The Labute approximate surface area is 63.7 Å². The Kier molecular flexibility index (Phi) is 4.81. The predicted molar refractivity (Wildman–Crippen MR) is 45.5 cm³/mol. The smallest absolute Gasteiger partial charge is 0.0228 e. The molecule has 0 aromatic rings. The van der Waals surface area contributed by atoms with E-state index in [0.717, 1.165) is 6.54 Å². The van der Waals surface area contributed by atoms with E-state index in [-0.39, 0.29) is 0 Å². The molecule has 0 rings (SSSR count). The summed E-state index contributed by atoms with van der Waals surface area (Å²) in [5, 5.41) is 0. The number of rotatable bonds is 4. The van der Waals surface area contributed by atoms with E-state index >= 15 is 0 Å². The minimum Gasteiger partial charge on any atom is -0.403 e. The van der Waals surface area contributed by atoms with Crippen LogP contribution in [0.1, 0.15) is 27.2 Å². The van der Waals surface area contributed by atoms with Gasteiger partial charge in [0.2, 0.25) is 0 Å². The molecule has 0 amide bonds. The van der Waals surface area contributed by atoms with E-state index in [9.17, 15) is 0 Å². The van der Waals surface area contributed by atoms with Crippen molar-refractivity contribution in [2.45, 2.75) is 33.2 Å². The zero-order valence-corrected chi connectivity index (χ0v) is 7.17. The van der Waals surface area contributed by atoms with Gasteiger partial charge >= 0.3 is 0 Å². The Morgan fingerprint density at radius 3 is 2.40 bits per heavy atom. The van der Waals surface area contributed by atoms with Crippen molar-refractivity contribution in [2.75, 3.05) is 6.54 Å².